The molecule has 0 saturated carbocycles. The number of rotatable bonds is 5. The van der Waals surface area contributed by atoms with Crippen molar-refractivity contribution < 1.29 is 4.39 Å². The van der Waals surface area contributed by atoms with Gasteiger partial charge in [0.2, 0.25) is 0 Å². The smallest absolute Gasteiger partial charge is 0.142 e. The molecule has 1 heterocycles. The molecule has 0 amide bonds. The molecule has 2 rings (SSSR count). The highest BCUT2D eigenvalue weighted by atomic mass is 35.5. The molecule has 1 nitrogen and oxygen atoms in total. The molecule has 1 aromatic carbocycles. The van der Waals surface area contributed by atoms with Crippen LogP contribution in [-0.2, 0) is 6.42 Å². The second-order valence-corrected chi connectivity index (χ2v) is 5.31. The molecule has 1 unspecified atom stereocenters. The molecule has 18 heavy (non-hydrogen) atoms. The SMILES string of the molecule is CCNC(Cc1ccc(Cl)c(F)c1)c1ccsc1. The highest BCUT2D eigenvalue weighted by Crippen LogP contribution is 2.23. The molecule has 0 bridgehead atoms. The van der Waals surface area contributed by atoms with Crippen molar-refractivity contribution in [2.75, 3.05) is 6.54 Å². The summed E-state index contributed by atoms with van der Waals surface area (Å²) in [6.07, 6.45) is 0.763. The van der Waals surface area contributed by atoms with E-state index in [1.165, 1.54) is 11.6 Å². The van der Waals surface area contributed by atoms with Crippen LogP contribution in [0.5, 0.6) is 0 Å². The highest BCUT2D eigenvalue weighted by molar-refractivity contribution is 7.07. The molecule has 2 aromatic rings. The maximum atomic E-state index is 13.4. The first-order valence-corrected chi connectivity index (χ1v) is 7.22. The van der Waals surface area contributed by atoms with Crippen LogP contribution >= 0.6 is 22.9 Å². The molecule has 96 valence electrons. The fourth-order valence-corrected chi connectivity index (χ4v) is 2.76. The minimum Gasteiger partial charge on any atom is -0.310 e. The van der Waals surface area contributed by atoms with Gasteiger partial charge < -0.3 is 5.32 Å². The second kappa shape index (κ2) is 6.32. The van der Waals surface area contributed by atoms with Crippen molar-refractivity contribution in [1.29, 1.82) is 0 Å². The lowest BCUT2D eigenvalue weighted by atomic mass is 10.0. The summed E-state index contributed by atoms with van der Waals surface area (Å²) in [6.45, 7) is 2.96. The van der Waals surface area contributed by atoms with Gasteiger partial charge >= 0.3 is 0 Å². The lowest BCUT2D eigenvalue weighted by Gasteiger charge is -2.17. The Morgan fingerprint density at radius 1 is 1.39 bits per heavy atom. The molecular formula is C14H15ClFNS. The first kappa shape index (κ1) is 13.5. The van der Waals surface area contributed by atoms with Crippen LogP contribution in [-0.4, -0.2) is 6.54 Å². The molecule has 4 heteroatoms. The first-order chi connectivity index (χ1) is 8.70. The summed E-state index contributed by atoms with van der Waals surface area (Å²) < 4.78 is 13.4. The number of benzene rings is 1. The van der Waals surface area contributed by atoms with Crippen molar-refractivity contribution in [2.45, 2.75) is 19.4 Å². The predicted octanol–water partition coefficient (Wildman–Crippen LogP) is 4.43. The zero-order chi connectivity index (χ0) is 13.0. The van der Waals surface area contributed by atoms with E-state index in [0.29, 0.717) is 0 Å². The van der Waals surface area contributed by atoms with Gasteiger partial charge in [0.25, 0.3) is 0 Å². The van der Waals surface area contributed by atoms with Crippen molar-refractivity contribution in [3.8, 4) is 0 Å². The van der Waals surface area contributed by atoms with Crippen molar-refractivity contribution in [3.63, 3.8) is 0 Å². The quantitative estimate of drug-likeness (QED) is 0.856. The molecule has 0 spiro atoms. The third kappa shape index (κ3) is 3.31. The van der Waals surface area contributed by atoms with Gasteiger partial charge in [-0.3, -0.25) is 0 Å². The van der Waals surface area contributed by atoms with Crippen LogP contribution in [0.2, 0.25) is 5.02 Å². The lowest BCUT2D eigenvalue weighted by molar-refractivity contribution is 0.548. The monoisotopic (exact) mass is 283 g/mol. The maximum absolute atomic E-state index is 13.4. The summed E-state index contributed by atoms with van der Waals surface area (Å²) in [5.41, 5.74) is 2.20. The minimum atomic E-state index is -0.352. The van der Waals surface area contributed by atoms with Gasteiger partial charge in [-0.05, 0) is 53.1 Å². The van der Waals surface area contributed by atoms with Crippen LogP contribution in [0.1, 0.15) is 24.1 Å². The molecule has 0 aliphatic rings. The Hall–Kier alpha value is -0.900. The van der Waals surface area contributed by atoms with Crippen molar-refractivity contribution in [3.05, 3.63) is 57.0 Å². The Labute approximate surface area is 116 Å². The zero-order valence-corrected chi connectivity index (χ0v) is 11.7. The summed E-state index contributed by atoms with van der Waals surface area (Å²) in [7, 11) is 0. The Bertz CT molecular complexity index is 499. The Morgan fingerprint density at radius 2 is 2.22 bits per heavy atom. The molecule has 0 fully saturated rings. The first-order valence-electron chi connectivity index (χ1n) is 5.90. The lowest BCUT2D eigenvalue weighted by Crippen LogP contribution is -2.22. The summed E-state index contributed by atoms with van der Waals surface area (Å²) in [6, 6.07) is 7.33. The molecular weight excluding hydrogens is 269 g/mol. The van der Waals surface area contributed by atoms with Gasteiger partial charge in [0, 0.05) is 6.04 Å². The molecule has 0 aliphatic heterocycles. The van der Waals surface area contributed by atoms with Crippen LogP contribution in [0.25, 0.3) is 0 Å². The van der Waals surface area contributed by atoms with E-state index in [2.05, 4.69) is 29.1 Å². The maximum Gasteiger partial charge on any atom is 0.142 e. The summed E-state index contributed by atoms with van der Waals surface area (Å²) in [4.78, 5) is 0. The predicted molar refractivity (Wildman–Crippen MR) is 75.9 cm³/mol. The number of hydrogen-bond donors (Lipinski definition) is 1. The average molecular weight is 284 g/mol. The van der Waals surface area contributed by atoms with Crippen LogP contribution in [0.3, 0.4) is 0 Å². The van der Waals surface area contributed by atoms with E-state index >= 15 is 0 Å². The number of likely N-dealkylation sites (N-methyl/N-ethyl adjacent to an activating group) is 1. The van der Waals surface area contributed by atoms with E-state index in [9.17, 15) is 4.39 Å². The topological polar surface area (TPSA) is 12.0 Å². The van der Waals surface area contributed by atoms with Gasteiger partial charge in [0.1, 0.15) is 5.82 Å². The molecule has 1 N–H and O–H groups in total. The fourth-order valence-electron chi connectivity index (χ4n) is 1.93. The highest BCUT2D eigenvalue weighted by Gasteiger charge is 2.12. The van der Waals surface area contributed by atoms with E-state index < -0.39 is 0 Å². The van der Waals surface area contributed by atoms with Gasteiger partial charge in [0.05, 0.1) is 5.02 Å². The second-order valence-electron chi connectivity index (χ2n) is 4.12. The molecule has 0 radical (unpaired) electrons. The third-order valence-electron chi connectivity index (χ3n) is 2.82. The van der Waals surface area contributed by atoms with Gasteiger partial charge in [0.15, 0.2) is 0 Å². The minimum absolute atomic E-state index is 0.175. The van der Waals surface area contributed by atoms with Gasteiger partial charge in [-0.25, -0.2) is 4.39 Å². The third-order valence-corrected chi connectivity index (χ3v) is 3.83. The van der Waals surface area contributed by atoms with Crippen molar-refractivity contribution >= 4 is 22.9 Å². The number of halogens is 2. The zero-order valence-electron chi connectivity index (χ0n) is 10.1. The fraction of sp³-hybridized carbons (Fsp3) is 0.286. The van der Waals surface area contributed by atoms with E-state index in [1.54, 1.807) is 17.4 Å². The summed E-state index contributed by atoms with van der Waals surface area (Å²) in [5, 5.41) is 7.78. The number of thiophene rings is 1. The molecule has 0 aliphatic carbocycles. The van der Waals surface area contributed by atoms with Crippen LogP contribution < -0.4 is 5.32 Å². The molecule has 0 saturated heterocycles. The average Bonchev–Trinajstić information content (AvgIpc) is 2.87. The van der Waals surface area contributed by atoms with Crippen molar-refractivity contribution in [1.82, 2.24) is 5.32 Å². The van der Waals surface area contributed by atoms with Crippen molar-refractivity contribution in [2.24, 2.45) is 0 Å². The summed E-state index contributed by atoms with van der Waals surface area (Å²) >= 11 is 7.36. The number of nitrogens with one attached hydrogen (secondary N) is 1. The van der Waals surface area contributed by atoms with Gasteiger partial charge in [-0.1, -0.05) is 24.6 Å². The standard InChI is InChI=1S/C14H15ClFNS/c1-2-17-14(11-5-6-18-9-11)8-10-3-4-12(15)13(16)7-10/h3-7,9,14,17H,2,8H2,1H3. The van der Waals surface area contributed by atoms with E-state index in [-0.39, 0.29) is 16.9 Å². The van der Waals surface area contributed by atoms with E-state index in [4.69, 9.17) is 11.6 Å². The van der Waals surface area contributed by atoms with Crippen LogP contribution in [0.4, 0.5) is 4.39 Å². The summed E-state index contributed by atoms with van der Waals surface area (Å²) in [5.74, 6) is -0.352. The number of hydrogen-bond acceptors (Lipinski definition) is 2. The largest absolute Gasteiger partial charge is 0.310 e. The molecule has 1 aromatic heterocycles. The Morgan fingerprint density at radius 3 is 2.83 bits per heavy atom. The van der Waals surface area contributed by atoms with Crippen LogP contribution in [0, 0.1) is 5.82 Å². The van der Waals surface area contributed by atoms with Gasteiger partial charge in [-0.15, -0.1) is 0 Å². The molecule has 1 atom stereocenters. The Kier molecular flexibility index (Phi) is 4.75. The van der Waals surface area contributed by atoms with Crippen LogP contribution in [0.15, 0.2) is 35.0 Å². The van der Waals surface area contributed by atoms with E-state index in [0.717, 1.165) is 18.5 Å². The van der Waals surface area contributed by atoms with E-state index in [1.807, 2.05) is 6.07 Å². The van der Waals surface area contributed by atoms with Gasteiger partial charge in [-0.2, -0.15) is 11.3 Å². The Balaban J connectivity index is 2.16. The normalized spacial score (nSPS) is 12.6.